The highest BCUT2D eigenvalue weighted by Gasteiger charge is 2.43. The lowest BCUT2D eigenvalue weighted by Crippen LogP contribution is -2.24. The Labute approximate surface area is 200 Å². The predicted molar refractivity (Wildman–Crippen MR) is 131 cm³/mol. The molecule has 34 heavy (non-hydrogen) atoms. The molecule has 2 bridgehead atoms. The van der Waals surface area contributed by atoms with Gasteiger partial charge in [-0.3, -0.25) is 9.69 Å². The zero-order valence-corrected chi connectivity index (χ0v) is 19.7. The van der Waals surface area contributed by atoms with Crippen LogP contribution >= 0.6 is 0 Å². The van der Waals surface area contributed by atoms with E-state index in [0.29, 0.717) is 17.9 Å². The van der Waals surface area contributed by atoms with Gasteiger partial charge in [-0.25, -0.2) is 4.98 Å². The normalized spacial score (nSPS) is 20.4. The number of hydrogen-bond donors (Lipinski definition) is 2. The maximum Gasteiger partial charge on any atom is 0.251 e. The van der Waals surface area contributed by atoms with Crippen LogP contribution in [0.25, 0.3) is 0 Å². The number of carbonyl (C=O) groups is 1. The molecule has 1 amide bonds. The van der Waals surface area contributed by atoms with Crippen molar-refractivity contribution in [2.24, 2.45) is 0 Å². The number of hydrogen-bond acceptors (Lipinski definition) is 5. The Hall–Kier alpha value is -3.22. The quantitative estimate of drug-likeness (QED) is 0.600. The summed E-state index contributed by atoms with van der Waals surface area (Å²) in [5, 5.41) is 3.05. The van der Waals surface area contributed by atoms with Crippen molar-refractivity contribution in [3.05, 3.63) is 92.7 Å². The van der Waals surface area contributed by atoms with E-state index in [2.05, 4.69) is 39.5 Å². The van der Waals surface area contributed by atoms with E-state index in [4.69, 9.17) is 10.5 Å². The third kappa shape index (κ3) is 3.58. The molecule has 6 nitrogen and oxygen atoms in total. The summed E-state index contributed by atoms with van der Waals surface area (Å²) in [4.78, 5) is 19.8. The van der Waals surface area contributed by atoms with Crippen LogP contribution in [-0.2, 0) is 17.8 Å². The fraction of sp³-hybridized carbons (Fsp3) is 0.357. The minimum absolute atomic E-state index is 0.0307. The maximum absolute atomic E-state index is 13.0. The minimum atomic E-state index is -0.0950. The zero-order chi connectivity index (χ0) is 23.4. The number of carbonyl (C=O) groups excluding carboxylic acids is 1. The number of anilines is 1. The lowest BCUT2D eigenvalue weighted by atomic mass is 9.84. The number of aryl methyl sites for hydroxylation is 2. The lowest BCUT2D eigenvalue weighted by Gasteiger charge is -2.19. The summed E-state index contributed by atoms with van der Waals surface area (Å²) in [6.07, 6.45) is 2.49. The molecular formula is C28H30N4O2. The van der Waals surface area contributed by atoms with Crippen molar-refractivity contribution in [1.82, 2.24) is 15.2 Å². The first-order valence-electron chi connectivity index (χ1n) is 12.1. The molecule has 2 atom stereocenters. The number of aromatic nitrogens is 1. The van der Waals surface area contributed by atoms with Crippen molar-refractivity contribution >= 4 is 11.7 Å². The van der Waals surface area contributed by atoms with Crippen LogP contribution in [0.2, 0.25) is 0 Å². The maximum atomic E-state index is 13.0. The van der Waals surface area contributed by atoms with Gasteiger partial charge < -0.3 is 15.8 Å². The molecule has 0 spiro atoms. The first kappa shape index (κ1) is 21.3. The third-order valence-corrected chi connectivity index (χ3v) is 7.51. The molecule has 0 radical (unpaired) electrons. The van der Waals surface area contributed by atoms with Gasteiger partial charge in [0.05, 0.1) is 0 Å². The number of rotatable bonds is 5. The second-order valence-corrected chi connectivity index (χ2v) is 9.80. The minimum Gasteiger partial charge on any atom is -0.384 e. The molecule has 174 valence electrons. The summed E-state index contributed by atoms with van der Waals surface area (Å²) in [6.45, 7) is 7.74. The summed E-state index contributed by atoms with van der Waals surface area (Å²) in [5.41, 5.74) is 15.5. The second kappa shape index (κ2) is 8.22. The van der Waals surface area contributed by atoms with Crippen molar-refractivity contribution < 1.29 is 9.53 Å². The first-order valence-corrected chi connectivity index (χ1v) is 12.1. The Balaban J connectivity index is 1.20. The molecule has 6 heteroatoms. The van der Waals surface area contributed by atoms with Crippen LogP contribution in [0.5, 0.6) is 0 Å². The summed E-state index contributed by atoms with van der Waals surface area (Å²) in [5.74, 6) is 0.407. The summed E-state index contributed by atoms with van der Waals surface area (Å²) in [6, 6.07) is 14.6. The number of nitrogen functional groups attached to an aromatic ring is 1. The van der Waals surface area contributed by atoms with Crippen LogP contribution in [0.15, 0.2) is 42.5 Å². The van der Waals surface area contributed by atoms with Gasteiger partial charge in [0.1, 0.15) is 18.0 Å². The molecule has 0 aliphatic carbocycles. The fourth-order valence-corrected chi connectivity index (χ4v) is 5.76. The van der Waals surface area contributed by atoms with E-state index in [1.165, 1.54) is 48.2 Å². The van der Waals surface area contributed by atoms with Crippen LogP contribution in [0.4, 0.5) is 5.82 Å². The second-order valence-electron chi connectivity index (χ2n) is 9.80. The van der Waals surface area contributed by atoms with Gasteiger partial charge in [-0.05, 0) is 96.9 Å². The number of fused-ring (bicyclic) bond motifs is 8. The highest BCUT2D eigenvalue weighted by molar-refractivity contribution is 5.94. The molecule has 2 aromatic carbocycles. The Morgan fingerprint density at radius 1 is 1.03 bits per heavy atom. The Morgan fingerprint density at radius 2 is 1.74 bits per heavy atom. The largest absolute Gasteiger partial charge is 0.384 e. The van der Waals surface area contributed by atoms with Gasteiger partial charge in [0, 0.05) is 24.3 Å². The zero-order valence-electron chi connectivity index (χ0n) is 19.7. The Kier molecular flexibility index (Phi) is 5.15. The van der Waals surface area contributed by atoms with E-state index in [0.717, 1.165) is 28.9 Å². The van der Waals surface area contributed by atoms with Crippen molar-refractivity contribution in [2.45, 2.75) is 52.0 Å². The topological polar surface area (TPSA) is 80.5 Å². The number of benzene rings is 2. The van der Waals surface area contributed by atoms with Crippen LogP contribution in [0.1, 0.15) is 80.0 Å². The van der Waals surface area contributed by atoms with Crippen LogP contribution in [-0.4, -0.2) is 28.9 Å². The average Bonchev–Trinajstić information content (AvgIpc) is 3.54. The molecule has 0 saturated carbocycles. The van der Waals surface area contributed by atoms with Gasteiger partial charge in [0.25, 0.3) is 5.91 Å². The lowest BCUT2D eigenvalue weighted by molar-refractivity contribution is 0.0857. The van der Waals surface area contributed by atoms with E-state index < -0.39 is 0 Å². The van der Waals surface area contributed by atoms with E-state index in [1.807, 2.05) is 32.0 Å². The molecule has 3 aliphatic rings. The van der Waals surface area contributed by atoms with Crippen molar-refractivity contribution in [2.75, 3.05) is 18.8 Å². The van der Waals surface area contributed by atoms with Gasteiger partial charge in [-0.15, -0.1) is 0 Å². The van der Waals surface area contributed by atoms with Crippen LogP contribution in [0, 0.1) is 13.8 Å². The van der Waals surface area contributed by atoms with Crippen molar-refractivity contribution in [3.8, 4) is 0 Å². The number of nitrogens with one attached hydrogen (secondary N) is 1. The molecule has 2 unspecified atom stereocenters. The predicted octanol–water partition coefficient (Wildman–Crippen LogP) is 4.33. The molecule has 3 aliphatic heterocycles. The van der Waals surface area contributed by atoms with Gasteiger partial charge in [-0.2, -0.15) is 0 Å². The molecule has 1 saturated heterocycles. The number of ether oxygens (including phenoxy) is 1. The highest BCUT2D eigenvalue weighted by Crippen LogP contribution is 2.54. The standard InChI is InChI=1S/C28H30N4O2/c1-16-11-25(29)31-17(2)24(16)14-30-28(33)19-6-8-21-23(13-19)27-20-7-5-18(12-22(20)26(21)34-27)15-32-9-3-4-10-32/h5-8,11-13,26-27H,3-4,9-10,14-15H2,1-2H3,(H2,29,31)(H,30,33). The molecule has 4 heterocycles. The van der Waals surface area contributed by atoms with Crippen molar-refractivity contribution in [3.63, 3.8) is 0 Å². The van der Waals surface area contributed by atoms with Gasteiger partial charge in [0.2, 0.25) is 0 Å². The average molecular weight is 455 g/mol. The summed E-state index contributed by atoms with van der Waals surface area (Å²) < 4.78 is 6.38. The van der Waals surface area contributed by atoms with Gasteiger partial charge >= 0.3 is 0 Å². The molecule has 6 rings (SSSR count). The van der Waals surface area contributed by atoms with Crippen LogP contribution < -0.4 is 11.1 Å². The number of nitrogens with two attached hydrogens (primary N) is 1. The molecular weight excluding hydrogens is 424 g/mol. The fourth-order valence-electron chi connectivity index (χ4n) is 5.76. The van der Waals surface area contributed by atoms with Crippen LogP contribution in [0.3, 0.4) is 0 Å². The molecule has 3 aromatic rings. The number of amides is 1. The summed E-state index contributed by atoms with van der Waals surface area (Å²) in [7, 11) is 0. The first-order chi connectivity index (χ1) is 16.5. The molecule has 1 fully saturated rings. The monoisotopic (exact) mass is 454 g/mol. The van der Waals surface area contributed by atoms with Crippen molar-refractivity contribution in [1.29, 1.82) is 0 Å². The van der Waals surface area contributed by atoms with E-state index in [-0.39, 0.29) is 18.1 Å². The highest BCUT2D eigenvalue weighted by atomic mass is 16.5. The number of nitrogens with zero attached hydrogens (tertiary/aromatic N) is 2. The summed E-state index contributed by atoms with van der Waals surface area (Å²) >= 11 is 0. The van der Waals surface area contributed by atoms with E-state index in [1.54, 1.807) is 0 Å². The smallest absolute Gasteiger partial charge is 0.251 e. The number of pyridine rings is 1. The third-order valence-electron chi connectivity index (χ3n) is 7.51. The molecule has 1 aromatic heterocycles. The number of likely N-dealkylation sites (tertiary alicyclic amines) is 1. The van der Waals surface area contributed by atoms with E-state index in [9.17, 15) is 4.79 Å². The Morgan fingerprint density at radius 3 is 2.47 bits per heavy atom. The molecule has 3 N–H and O–H groups in total. The Bertz CT molecular complexity index is 1270. The SMILES string of the molecule is Cc1cc(N)nc(C)c1CNC(=O)c1ccc2c(c1)C1OC2c2cc(CN3CCCC3)ccc21. The van der Waals surface area contributed by atoms with Gasteiger partial charge in [-0.1, -0.05) is 24.3 Å². The van der Waals surface area contributed by atoms with Gasteiger partial charge in [0.15, 0.2) is 0 Å². The van der Waals surface area contributed by atoms with E-state index >= 15 is 0 Å².